The largest absolute Gasteiger partial charge is 0.360 e. The smallest absolute Gasteiger partial charge is 0.249 e. The van der Waals surface area contributed by atoms with Crippen LogP contribution < -0.4 is 5.32 Å². The summed E-state index contributed by atoms with van der Waals surface area (Å²) in [4.78, 5) is 13.0. The quantitative estimate of drug-likeness (QED) is 0.607. The molecule has 0 bridgehead atoms. The van der Waals surface area contributed by atoms with Crippen molar-refractivity contribution in [2.75, 3.05) is 25.0 Å². The SMILES string of the molecule is CCN(CC)S(=O)(=O)c1cccc(NC(=O)[C@@H]2CCCN2S(=O)(=O)c2c(C)noc2C)c1. The van der Waals surface area contributed by atoms with Crippen LogP contribution in [0.1, 0.15) is 38.1 Å². The van der Waals surface area contributed by atoms with E-state index < -0.39 is 32.0 Å². The van der Waals surface area contributed by atoms with Crippen molar-refractivity contribution in [3.63, 3.8) is 0 Å². The first-order valence-electron chi connectivity index (χ1n) is 10.4. The third-order valence-electron chi connectivity index (χ3n) is 5.49. The van der Waals surface area contributed by atoms with E-state index in [1.807, 2.05) is 0 Å². The van der Waals surface area contributed by atoms with Crippen molar-refractivity contribution in [2.45, 2.75) is 56.4 Å². The van der Waals surface area contributed by atoms with Gasteiger partial charge < -0.3 is 9.84 Å². The molecule has 0 spiro atoms. The minimum absolute atomic E-state index is 0.0236. The van der Waals surface area contributed by atoms with Gasteiger partial charge in [0.1, 0.15) is 16.6 Å². The molecule has 32 heavy (non-hydrogen) atoms. The number of benzene rings is 1. The van der Waals surface area contributed by atoms with E-state index in [4.69, 9.17) is 4.52 Å². The van der Waals surface area contributed by atoms with Gasteiger partial charge in [0.25, 0.3) is 0 Å². The number of hydrogen-bond donors (Lipinski definition) is 1. The molecule has 0 radical (unpaired) electrons. The zero-order valence-corrected chi connectivity index (χ0v) is 20.2. The molecule has 2 aromatic rings. The van der Waals surface area contributed by atoms with Gasteiger partial charge in [0.15, 0.2) is 5.76 Å². The van der Waals surface area contributed by atoms with E-state index in [1.54, 1.807) is 26.0 Å². The number of aryl methyl sites for hydroxylation is 2. The summed E-state index contributed by atoms with van der Waals surface area (Å²) >= 11 is 0. The number of nitrogens with zero attached hydrogens (tertiary/aromatic N) is 3. The number of rotatable bonds is 8. The number of sulfonamides is 2. The molecular weight excluding hydrogens is 456 g/mol. The van der Waals surface area contributed by atoms with Crippen molar-refractivity contribution in [1.82, 2.24) is 13.8 Å². The van der Waals surface area contributed by atoms with Crippen molar-refractivity contribution in [3.8, 4) is 0 Å². The van der Waals surface area contributed by atoms with Crippen LogP contribution in [0.5, 0.6) is 0 Å². The van der Waals surface area contributed by atoms with E-state index in [9.17, 15) is 21.6 Å². The molecule has 1 aliphatic rings. The van der Waals surface area contributed by atoms with Crippen molar-refractivity contribution >= 4 is 31.6 Å². The Balaban J connectivity index is 1.85. The van der Waals surface area contributed by atoms with Crippen LogP contribution in [-0.2, 0) is 24.8 Å². The summed E-state index contributed by atoms with van der Waals surface area (Å²) < 4.78 is 59.4. The monoisotopic (exact) mass is 484 g/mol. The number of hydrogen-bond acceptors (Lipinski definition) is 7. The Kier molecular flexibility index (Phi) is 7.08. The summed E-state index contributed by atoms with van der Waals surface area (Å²) in [6.45, 7) is 7.40. The summed E-state index contributed by atoms with van der Waals surface area (Å²) in [7, 11) is -7.67. The van der Waals surface area contributed by atoms with Gasteiger partial charge in [0.2, 0.25) is 26.0 Å². The van der Waals surface area contributed by atoms with E-state index in [1.165, 1.54) is 30.3 Å². The highest BCUT2D eigenvalue weighted by Gasteiger charge is 2.42. The number of carbonyl (C=O) groups excluding carboxylic acids is 1. The highest BCUT2D eigenvalue weighted by molar-refractivity contribution is 7.89. The van der Waals surface area contributed by atoms with Crippen molar-refractivity contribution < 1.29 is 26.2 Å². The lowest BCUT2D eigenvalue weighted by molar-refractivity contribution is -0.119. The van der Waals surface area contributed by atoms with Gasteiger partial charge in [0, 0.05) is 25.3 Å². The Morgan fingerprint density at radius 1 is 1.22 bits per heavy atom. The van der Waals surface area contributed by atoms with Crippen LogP contribution in [0, 0.1) is 13.8 Å². The Morgan fingerprint density at radius 2 is 1.91 bits per heavy atom. The van der Waals surface area contributed by atoms with E-state index >= 15 is 0 Å². The molecule has 1 aliphatic heterocycles. The van der Waals surface area contributed by atoms with E-state index in [-0.39, 0.29) is 33.5 Å². The van der Waals surface area contributed by atoms with Crippen molar-refractivity contribution in [2.24, 2.45) is 0 Å². The van der Waals surface area contributed by atoms with Crippen LogP contribution in [-0.4, -0.2) is 62.2 Å². The van der Waals surface area contributed by atoms with Crippen LogP contribution in [0.4, 0.5) is 5.69 Å². The number of amides is 1. The Labute approximate surface area is 188 Å². The molecule has 176 valence electrons. The van der Waals surface area contributed by atoms with Gasteiger partial charge in [-0.25, -0.2) is 16.8 Å². The average molecular weight is 485 g/mol. The first-order valence-corrected chi connectivity index (χ1v) is 13.3. The summed E-state index contributed by atoms with van der Waals surface area (Å²) in [6.07, 6.45) is 0.878. The molecule has 1 aromatic carbocycles. The van der Waals surface area contributed by atoms with Gasteiger partial charge in [-0.05, 0) is 44.9 Å². The minimum Gasteiger partial charge on any atom is -0.360 e. The van der Waals surface area contributed by atoms with Crippen LogP contribution in [0.15, 0.2) is 38.6 Å². The second kappa shape index (κ2) is 9.30. The molecule has 10 nitrogen and oxygen atoms in total. The normalized spacial score (nSPS) is 17.7. The Morgan fingerprint density at radius 3 is 2.50 bits per heavy atom. The van der Waals surface area contributed by atoms with Crippen LogP contribution in [0.3, 0.4) is 0 Å². The molecule has 0 saturated carbocycles. The number of carbonyl (C=O) groups is 1. The van der Waals surface area contributed by atoms with Gasteiger partial charge >= 0.3 is 0 Å². The lowest BCUT2D eigenvalue weighted by Gasteiger charge is -2.23. The lowest BCUT2D eigenvalue weighted by atomic mass is 10.2. The summed E-state index contributed by atoms with van der Waals surface area (Å²) in [5, 5.41) is 6.39. The fourth-order valence-corrected chi connectivity index (χ4v) is 7.38. The molecule has 3 rings (SSSR count). The van der Waals surface area contributed by atoms with Gasteiger partial charge in [-0.2, -0.15) is 8.61 Å². The highest BCUT2D eigenvalue weighted by Crippen LogP contribution is 2.30. The fourth-order valence-electron chi connectivity index (χ4n) is 3.92. The molecule has 2 heterocycles. The molecule has 1 N–H and O–H groups in total. The fraction of sp³-hybridized carbons (Fsp3) is 0.500. The first-order chi connectivity index (χ1) is 15.0. The highest BCUT2D eigenvalue weighted by atomic mass is 32.2. The lowest BCUT2D eigenvalue weighted by Crippen LogP contribution is -2.43. The predicted molar refractivity (Wildman–Crippen MR) is 118 cm³/mol. The van der Waals surface area contributed by atoms with Gasteiger partial charge in [-0.3, -0.25) is 4.79 Å². The third-order valence-corrected chi connectivity index (χ3v) is 9.68. The molecule has 0 unspecified atom stereocenters. The number of anilines is 1. The maximum absolute atomic E-state index is 13.2. The van der Waals surface area contributed by atoms with Crippen LogP contribution in [0.2, 0.25) is 0 Å². The van der Waals surface area contributed by atoms with Gasteiger partial charge in [-0.1, -0.05) is 25.1 Å². The van der Waals surface area contributed by atoms with Crippen molar-refractivity contribution in [1.29, 1.82) is 0 Å². The molecular formula is C20H28N4O6S2. The molecule has 1 aromatic heterocycles. The minimum atomic E-state index is -3.98. The summed E-state index contributed by atoms with van der Waals surface area (Å²) in [5.41, 5.74) is 0.521. The zero-order valence-electron chi connectivity index (χ0n) is 18.5. The third kappa shape index (κ3) is 4.45. The number of aromatic nitrogens is 1. The molecule has 1 fully saturated rings. The standard InChI is InChI=1S/C20H28N4O6S2/c1-5-23(6-2)31(26,27)17-10-7-9-16(13-17)21-20(25)18-11-8-12-24(18)32(28,29)19-14(3)22-30-15(19)4/h7,9-10,13,18H,5-6,8,11-12H2,1-4H3,(H,21,25)/t18-/m0/s1. The zero-order chi connectivity index (χ0) is 23.7. The van der Waals surface area contributed by atoms with Gasteiger partial charge in [-0.15, -0.1) is 0 Å². The topological polar surface area (TPSA) is 130 Å². The van der Waals surface area contributed by atoms with E-state index in [2.05, 4.69) is 10.5 Å². The predicted octanol–water partition coefficient (Wildman–Crippen LogP) is 2.11. The van der Waals surface area contributed by atoms with E-state index in [0.717, 1.165) is 4.31 Å². The number of nitrogens with one attached hydrogen (secondary N) is 1. The second-order valence-electron chi connectivity index (χ2n) is 7.53. The van der Waals surface area contributed by atoms with E-state index in [0.29, 0.717) is 25.9 Å². The molecule has 12 heteroatoms. The molecule has 0 aliphatic carbocycles. The summed E-state index contributed by atoms with van der Waals surface area (Å²) in [6, 6.07) is 5.04. The van der Waals surface area contributed by atoms with Crippen molar-refractivity contribution in [3.05, 3.63) is 35.7 Å². The maximum Gasteiger partial charge on any atom is 0.249 e. The molecule has 1 atom stereocenters. The average Bonchev–Trinajstić information content (AvgIpc) is 3.36. The summed E-state index contributed by atoms with van der Waals surface area (Å²) in [5.74, 6) is -0.349. The maximum atomic E-state index is 13.2. The first kappa shape index (κ1) is 24.4. The second-order valence-corrected chi connectivity index (χ2v) is 11.3. The molecule has 1 amide bonds. The Hall–Kier alpha value is -2.28. The van der Waals surface area contributed by atoms with Crippen LogP contribution in [0.25, 0.3) is 0 Å². The molecule has 1 saturated heterocycles. The van der Waals surface area contributed by atoms with Crippen LogP contribution >= 0.6 is 0 Å². The Bertz CT molecular complexity index is 1180. The van der Waals surface area contributed by atoms with Gasteiger partial charge in [0.05, 0.1) is 4.90 Å².